The molecule has 0 saturated carbocycles. The highest BCUT2D eigenvalue weighted by atomic mass is 35.5. The van der Waals surface area contributed by atoms with E-state index in [2.05, 4.69) is 21.0 Å². The normalized spacial score (nSPS) is 21.2. The van der Waals surface area contributed by atoms with Gasteiger partial charge in [0.25, 0.3) is 5.91 Å². The number of nitrogens with one attached hydrogen (secondary N) is 2. The Kier molecular flexibility index (Phi) is 7.30. The van der Waals surface area contributed by atoms with Crippen molar-refractivity contribution >= 4 is 46.0 Å². The van der Waals surface area contributed by atoms with Crippen molar-refractivity contribution in [3.63, 3.8) is 0 Å². The van der Waals surface area contributed by atoms with Gasteiger partial charge in [-0.2, -0.15) is 5.10 Å². The maximum atomic E-state index is 13.8. The molecule has 0 bridgehead atoms. The van der Waals surface area contributed by atoms with Gasteiger partial charge < -0.3 is 19.7 Å². The minimum absolute atomic E-state index is 0.146. The van der Waals surface area contributed by atoms with Crippen molar-refractivity contribution in [2.75, 3.05) is 42.6 Å². The van der Waals surface area contributed by atoms with Crippen molar-refractivity contribution < 1.29 is 9.35 Å². The number of amides is 1. The summed E-state index contributed by atoms with van der Waals surface area (Å²) in [5, 5.41) is 8.70. The van der Waals surface area contributed by atoms with Crippen molar-refractivity contribution in [3.05, 3.63) is 52.3 Å². The van der Waals surface area contributed by atoms with Crippen LogP contribution in [-0.2, 0) is 11.4 Å². The molecule has 0 radical (unpaired) electrons. The molecule has 0 spiro atoms. The van der Waals surface area contributed by atoms with E-state index in [1.165, 1.54) is 6.26 Å². The number of carbonyl (C=O) groups excluding carboxylic acids is 1. The standard InChI is InChI=1S/C25H32ClN7O2S/c1-16-12-23(31-11-9-18(15-31)27-2)28-24-14-21(29-33(16)24)22-6-4-5-10-32(22)25(34)19-13-17(26)7-8-20(19)30-36(3)35/h7-8,12-14,18,22,27,30H,4-6,9-11,15H2,1-3H3. The Morgan fingerprint density at radius 2 is 2.03 bits per heavy atom. The summed E-state index contributed by atoms with van der Waals surface area (Å²) in [6.45, 7) is 4.57. The molecule has 2 fully saturated rings. The van der Waals surface area contributed by atoms with Crippen LogP contribution in [0.25, 0.3) is 5.65 Å². The van der Waals surface area contributed by atoms with Gasteiger partial charge in [0, 0.05) is 48.5 Å². The molecule has 1 amide bonds. The largest absolute Gasteiger partial charge is 0.593 e. The van der Waals surface area contributed by atoms with Crippen LogP contribution in [0.1, 0.15) is 53.5 Å². The molecule has 36 heavy (non-hydrogen) atoms. The van der Waals surface area contributed by atoms with Gasteiger partial charge in [-0.1, -0.05) is 11.6 Å². The molecule has 3 aromatic rings. The zero-order valence-electron chi connectivity index (χ0n) is 20.8. The SMILES string of the molecule is CNC1CCN(c2cc(C)n3nc(C4CCCCN4C(=O)c4cc(Cl)ccc4N[S+](C)[O-])cc3n2)C1. The lowest BCUT2D eigenvalue weighted by Crippen LogP contribution is -2.39. The van der Waals surface area contributed by atoms with Gasteiger partial charge in [0.05, 0.1) is 34.3 Å². The van der Waals surface area contributed by atoms with Crippen LogP contribution in [0.2, 0.25) is 5.02 Å². The highest BCUT2D eigenvalue weighted by Crippen LogP contribution is 2.34. The van der Waals surface area contributed by atoms with Gasteiger partial charge in [-0.15, -0.1) is 0 Å². The summed E-state index contributed by atoms with van der Waals surface area (Å²) in [4.78, 5) is 22.9. The van der Waals surface area contributed by atoms with Gasteiger partial charge in [0.2, 0.25) is 0 Å². The number of likely N-dealkylation sites (N-methyl/N-ethyl adjacent to an activating group) is 1. The number of halogens is 1. The Hall–Kier alpha value is -2.53. The highest BCUT2D eigenvalue weighted by molar-refractivity contribution is 7.92. The quantitative estimate of drug-likeness (QED) is 0.471. The Morgan fingerprint density at radius 3 is 2.78 bits per heavy atom. The maximum Gasteiger partial charge on any atom is 0.256 e. The lowest BCUT2D eigenvalue weighted by atomic mass is 9.98. The minimum atomic E-state index is -1.32. The second-order valence-electron chi connectivity index (χ2n) is 9.57. The van der Waals surface area contributed by atoms with Gasteiger partial charge in [0.1, 0.15) is 12.1 Å². The molecule has 2 saturated heterocycles. The molecule has 2 aromatic heterocycles. The average molecular weight is 530 g/mol. The van der Waals surface area contributed by atoms with Crippen LogP contribution in [0.15, 0.2) is 30.3 Å². The summed E-state index contributed by atoms with van der Waals surface area (Å²) in [5.74, 6) is 0.815. The van der Waals surface area contributed by atoms with Crippen molar-refractivity contribution in [1.82, 2.24) is 24.8 Å². The summed E-state index contributed by atoms with van der Waals surface area (Å²) in [6, 6.07) is 9.43. The van der Waals surface area contributed by atoms with Crippen molar-refractivity contribution in [2.24, 2.45) is 0 Å². The van der Waals surface area contributed by atoms with Crippen LogP contribution in [-0.4, -0.2) is 68.9 Å². The number of piperidine rings is 1. The van der Waals surface area contributed by atoms with E-state index in [1.807, 2.05) is 29.5 Å². The van der Waals surface area contributed by atoms with Gasteiger partial charge in [0.15, 0.2) is 5.65 Å². The van der Waals surface area contributed by atoms with Gasteiger partial charge in [-0.3, -0.25) is 4.79 Å². The number of hydrogen-bond donors (Lipinski definition) is 2. The first-order valence-electron chi connectivity index (χ1n) is 12.3. The summed E-state index contributed by atoms with van der Waals surface area (Å²) in [5.41, 5.74) is 3.56. The fourth-order valence-corrected chi connectivity index (χ4v) is 5.89. The van der Waals surface area contributed by atoms with Gasteiger partial charge in [-0.25, -0.2) is 14.2 Å². The van der Waals surface area contributed by atoms with E-state index < -0.39 is 11.4 Å². The first-order valence-corrected chi connectivity index (χ1v) is 14.3. The predicted molar refractivity (Wildman–Crippen MR) is 144 cm³/mol. The topological polar surface area (TPSA) is 101 Å². The molecule has 192 valence electrons. The van der Waals surface area contributed by atoms with Gasteiger partial charge in [-0.05, 0) is 57.9 Å². The molecule has 4 heterocycles. The van der Waals surface area contributed by atoms with Crippen LogP contribution in [0.3, 0.4) is 0 Å². The molecule has 3 atom stereocenters. The summed E-state index contributed by atoms with van der Waals surface area (Å²) >= 11 is 4.93. The van der Waals surface area contributed by atoms with Crippen LogP contribution < -0.4 is 14.9 Å². The Morgan fingerprint density at radius 1 is 1.19 bits per heavy atom. The van der Waals surface area contributed by atoms with E-state index in [-0.39, 0.29) is 11.9 Å². The highest BCUT2D eigenvalue weighted by Gasteiger charge is 2.32. The first-order chi connectivity index (χ1) is 17.3. The van der Waals surface area contributed by atoms with Crippen LogP contribution in [0.4, 0.5) is 11.5 Å². The van der Waals surface area contributed by atoms with E-state index in [0.717, 1.165) is 61.6 Å². The number of anilines is 2. The summed E-state index contributed by atoms with van der Waals surface area (Å²) < 4.78 is 16.6. The lowest BCUT2D eigenvalue weighted by molar-refractivity contribution is 0.0607. The van der Waals surface area contributed by atoms with E-state index in [0.29, 0.717) is 28.9 Å². The van der Waals surface area contributed by atoms with E-state index in [9.17, 15) is 9.35 Å². The monoisotopic (exact) mass is 529 g/mol. The van der Waals surface area contributed by atoms with Crippen molar-refractivity contribution in [3.8, 4) is 0 Å². The molecular weight excluding hydrogens is 498 g/mol. The van der Waals surface area contributed by atoms with Crippen molar-refractivity contribution in [2.45, 2.75) is 44.7 Å². The Bertz CT molecular complexity index is 1270. The third kappa shape index (κ3) is 5.00. The molecular formula is C25H32ClN7O2S. The zero-order valence-corrected chi connectivity index (χ0v) is 22.4. The number of hydrogen-bond acceptors (Lipinski definition) is 7. The summed E-state index contributed by atoms with van der Waals surface area (Å²) in [7, 11) is 2.00. The molecule has 2 N–H and O–H groups in total. The van der Waals surface area contributed by atoms with Gasteiger partial charge >= 0.3 is 0 Å². The van der Waals surface area contributed by atoms with E-state index in [1.54, 1.807) is 18.2 Å². The van der Waals surface area contributed by atoms with Crippen LogP contribution >= 0.6 is 11.6 Å². The second-order valence-corrected chi connectivity index (χ2v) is 11.1. The zero-order chi connectivity index (χ0) is 25.4. The van der Waals surface area contributed by atoms with Crippen molar-refractivity contribution in [1.29, 1.82) is 0 Å². The number of aryl methyl sites for hydroxylation is 1. The number of rotatable bonds is 6. The molecule has 5 rings (SSSR count). The minimum Gasteiger partial charge on any atom is -0.593 e. The third-order valence-electron chi connectivity index (χ3n) is 7.10. The predicted octanol–water partition coefficient (Wildman–Crippen LogP) is 3.56. The number of likely N-dealkylation sites (tertiary alicyclic amines) is 1. The number of aromatic nitrogens is 3. The smallest absolute Gasteiger partial charge is 0.256 e. The fraction of sp³-hybridized carbons (Fsp3) is 0.480. The molecule has 11 heteroatoms. The molecule has 0 aliphatic carbocycles. The van der Waals surface area contributed by atoms with Crippen LogP contribution in [0, 0.1) is 6.92 Å². The number of carbonyl (C=O) groups is 1. The maximum absolute atomic E-state index is 13.8. The number of nitrogens with zero attached hydrogens (tertiary/aromatic N) is 5. The first kappa shape index (κ1) is 25.1. The summed E-state index contributed by atoms with van der Waals surface area (Å²) in [6.07, 6.45) is 5.38. The third-order valence-corrected chi connectivity index (χ3v) is 7.84. The average Bonchev–Trinajstić information content (AvgIpc) is 3.52. The second kappa shape index (κ2) is 10.5. The van der Waals surface area contributed by atoms with E-state index >= 15 is 0 Å². The molecule has 3 unspecified atom stereocenters. The Labute approximate surface area is 219 Å². The Balaban J connectivity index is 1.46. The number of benzene rings is 1. The fourth-order valence-electron chi connectivity index (χ4n) is 5.23. The molecule has 2 aliphatic rings. The molecule has 2 aliphatic heterocycles. The molecule has 1 aromatic carbocycles. The van der Waals surface area contributed by atoms with Crippen LogP contribution in [0.5, 0.6) is 0 Å². The lowest BCUT2D eigenvalue weighted by Gasteiger charge is -2.35. The van der Waals surface area contributed by atoms with E-state index in [4.69, 9.17) is 21.7 Å². The molecule has 9 nitrogen and oxygen atoms in total. The number of fused-ring (bicyclic) bond motifs is 1.